The predicted octanol–water partition coefficient (Wildman–Crippen LogP) is 4.38. The first-order valence-electron chi connectivity index (χ1n) is 7.72. The molecule has 0 radical (unpaired) electrons. The molecular formula is C19H18N2O3. The molecule has 2 aromatic carbocycles. The normalized spacial score (nSPS) is 10.6. The third-order valence-electron chi connectivity index (χ3n) is 3.66. The lowest BCUT2D eigenvalue weighted by Gasteiger charge is -2.14. The van der Waals surface area contributed by atoms with Crippen molar-refractivity contribution in [1.82, 2.24) is 4.98 Å². The molecule has 0 aliphatic heterocycles. The number of aromatic nitrogens is 1. The van der Waals surface area contributed by atoms with Crippen molar-refractivity contribution in [2.24, 2.45) is 0 Å². The molecule has 3 rings (SSSR count). The number of hydrogen-bond acceptors (Lipinski definition) is 4. The fraction of sp³-hybridized carbons (Fsp3) is 0.158. The standard InChI is InChI=1S/C19H18N2O3/c1-3-24-17-10-6-8-13-16(11-12(2)20-18(13)17)21-15-9-5-4-7-14(15)19(22)23/h4-11H,3H2,1-2H3,(H,20,21)(H,22,23). The zero-order chi connectivity index (χ0) is 17.1. The number of rotatable bonds is 5. The average molecular weight is 322 g/mol. The number of anilines is 2. The van der Waals surface area contributed by atoms with E-state index in [9.17, 15) is 9.90 Å². The highest BCUT2D eigenvalue weighted by atomic mass is 16.5. The number of aryl methyl sites for hydroxylation is 1. The van der Waals surface area contributed by atoms with Crippen molar-refractivity contribution in [3.8, 4) is 5.75 Å². The zero-order valence-electron chi connectivity index (χ0n) is 13.5. The van der Waals surface area contributed by atoms with Gasteiger partial charge < -0.3 is 15.2 Å². The number of carboxylic acids is 1. The number of fused-ring (bicyclic) bond motifs is 1. The van der Waals surface area contributed by atoms with E-state index >= 15 is 0 Å². The van der Waals surface area contributed by atoms with Crippen molar-refractivity contribution >= 4 is 28.2 Å². The van der Waals surface area contributed by atoms with Crippen LogP contribution in [0.1, 0.15) is 23.0 Å². The Morgan fingerprint density at radius 1 is 1.17 bits per heavy atom. The molecule has 5 nitrogen and oxygen atoms in total. The second-order valence-corrected chi connectivity index (χ2v) is 5.37. The fourth-order valence-electron chi connectivity index (χ4n) is 2.65. The minimum absolute atomic E-state index is 0.223. The lowest BCUT2D eigenvalue weighted by atomic mass is 10.1. The van der Waals surface area contributed by atoms with Gasteiger partial charge in [0.2, 0.25) is 0 Å². The Hall–Kier alpha value is -3.08. The quantitative estimate of drug-likeness (QED) is 0.729. The summed E-state index contributed by atoms with van der Waals surface area (Å²) < 4.78 is 5.66. The number of pyridine rings is 1. The summed E-state index contributed by atoms with van der Waals surface area (Å²) in [4.78, 5) is 16.0. The van der Waals surface area contributed by atoms with Crippen LogP contribution in [-0.2, 0) is 0 Å². The molecule has 1 heterocycles. The maximum absolute atomic E-state index is 11.4. The van der Waals surface area contributed by atoms with Gasteiger partial charge in [-0.05, 0) is 38.1 Å². The number of carbonyl (C=O) groups is 1. The van der Waals surface area contributed by atoms with E-state index in [0.29, 0.717) is 18.0 Å². The van der Waals surface area contributed by atoms with Crippen molar-refractivity contribution in [3.63, 3.8) is 0 Å². The average Bonchev–Trinajstić information content (AvgIpc) is 2.56. The van der Waals surface area contributed by atoms with Crippen molar-refractivity contribution < 1.29 is 14.6 Å². The van der Waals surface area contributed by atoms with E-state index in [4.69, 9.17) is 4.74 Å². The first kappa shape index (κ1) is 15.8. The van der Waals surface area contributed by atoms with Crippen LogP contribution in [0.5, 0.6) is 5.75 Å². The van der Waals surface area contributed by atoms with Crippen LogP contribution in [0.2, 0.25) is 0 Å². The summed E-state index contributed by atoms with van der Waals surface area (Å²) in [5.41, 5.74) is 3.15. The Bertz CT molecular complexity index is 906. The highest BCUT2D eigenvalue weighted by Crippen LogP contribution is 2.32. The number of nitrogens with zero attached hydrogens (tertiary/aromatic N) is 1. The zero-order valence-corrected chi connectivity index (χ0v) is 13.5. The van der Waals surface area contributed by atoms with Gasteiger partial charge in [-0.2, -0.15) is 0 Å². The summed E-state index contributed by atoms with van der Waals surface area (Å²) in [6, 6.07) is 14.5. The maximum Gasteiger partial charge on any atom is 0.337 e. The summed E-state index contributed by atoms with van der Waals surface area (Å²) in [6.45, 7) is 4.38. The molecule has 5 heteroatoms. The monoisotopic (exact) mass is 322 g/mol. The van der Waals surface area contributed by atoms with Crippen LogP contribution < -0.4 is 10.1 Å². The fourth-order valence-corrected chi connectivity index (χ4v) is 2.65. The summed E-state index contributed by atoms with van der Waals surface area (Å²) >= 11 is 0. The Kier molecular flexibility index (Phi) is 4.33. The van der Waals surface area contributed by atoms with Crippen LogP contribution in [0.3, 0.4) is 0 Å². The Balaban J connectivity index is 2.14. The number of benzene rings is 2. The van der Waals surface area contributed by atoms with Gasteiger partial charge in [0.05, 0.1) is 17.9 Å². The van der Waals surface area contributed by atoms with E-state index in [2.05, 4.69) is 10.3 Å². The van der Waals surface area contributed by atoms with E-state index in [0.717, 1.165) is 22.3 Å². The molecule has 0 atom stereocenters. The summed E-state index contributed by atoms with van der Waals surface area (Å²) in [7, 11) is 0. The molecule has 2 N–H and O–H groups in total. The van der Waals surface area contributed by atoms with Crippen molar-refractivity contribution in [1.29, 1.82) is 0 Å². The Labute approximate surface area is 139 Å². The second kappa shape index (κ2) is 6.58. The molecule has 0 saturated heterocycles. The molecule has 1 aromatic heterocycles. The first-order valence-corrected chi connectivity index (χ1v) is 7.72. The van der Waals surface area contributed by atoms with Gasteiger partial charge in [-0.15, -0.1) is 0 Å². The highest BCUT2D eigenvalue weighted by molar-refractivity contribution is 6.00. The van der Waals surface area contributed by atoms with Crippen LogP contribution in [-0.4, -0.2) is 22.7 Å². The van der Waals surface area contributed by atoms with Crippen molar-refractivity contribution in [2.75, 3.05) is 11.9 Å². The lowest BCUT2D eigenvalue weighted by molar-refractivity contribution is 0.0698. The van der Waals surface area contributed by atoms with Gasteiger partial charge in [-0.1, -0.05) is 24.3 Å². The van der Waals surface area contributed by atoms with Gasteiger partial charge in [0.25, 0.3) is 0 Å². The molecule has 0 aliphatic carbocycles. The van der Waals surface area contributed by atoms with Crippen molar-refractivity contribution in [2.45, 2.75) is 13.8 Å². The number of carboxylic acid groups (broad SMARTS) is 1. The van der Waals surface area contributed by atoms with Gasteiger partial charge >= 0.3 is 5.97 Å². The van der Waals surface area contributed by atoms with Gasteiger partial charge in [-0.25, -0.2) is 9.78 Å². The van der Waals surface area contributed by atoms with E-state index in [1.54, 1.807) is 24.3 Å². The maximum atomic E-state index is 11.4. The number of hydrogen-bond donors (Lipinski definition) is 2. The van der Waals surface area contributed by atoms with Gasteiger partial charge in [0.1, 0.15) is 11.3 Å². The van der Waals surface area contributed by atoms with E-state index in [-0.39, 0.29) is 5.56 Å². The molecule has 0 saturated carbocycles. The summed E-state index contributed by atoms with van der Waals surface area (Å²) in [6.07, 6.45) is 0. The van der Waals surface area contributed by atoms with Gasteiger partial charge in [-0.3, -0.25) is 0 Å². The predicted molar refractivity (Wildman–Crippen MR) is 94.3 cm³/mol. The van der Waals surface area contributed by atoms with Crippen LogP contribution in [0.15, 0.2) is 48.5 Å². The van der Waals surface area contributed by atoms with Gasteiger partial charge in [0.15, 0.2) is 0 Å². The van der Waals surface area contributed by atoms with Crippen molar-refractivity contribution in [3.05, 3.63) is 59.8 Å². The smallest absolute Gasteiger partial charge is 0.337 e. The molecule has 0 unspecified atom stereocenters. The third kappa shape index (κ3) is 3.01. The highest BCUT2D eigenvalue weighted by Gasteiger charge is 2.13. The topological polar surface area (TPSA) is 71.5 Å². The van der Waals surface area contributed by atoms with E-state index < -0.39 is 5.97 Å². The molecule has 3 aromatic rings. The second-order valence-electron chi connectivity index (χ2n) is 5.37. The minimum Gasteiger partial charge on any atom is -0.492 e. The van der Waals surface area contributed by atoms with Crippen LogP contribution in [0.25, 0.3) is 10.9 Å². The Morgan fingerprint density at radius 3 is 2.71 bits per heavy atom. The number of nitrogens with one attached hydrogen (secondary N) is 1. The largest absolute Gasteiger partial charge is 0.492 e. The molecule has 0 spiro atoms. The molecular weight excluding hydrogens is 304 g/mol. The van der Waals surface area contributed by atoms with Crippen LogP contribution in [0.4, 0.5) is 11.4 Å². The molecule has 0 fully saturated rings. The van der Waals surface area contributed by atoms with Crippen LogP contribution in [0, 0.1) is 6.92 Å². The van der Waals surface area contributed by atoms with Gasteiger partial charge in [0, 0.05) is 16.8 Å². The van der Waals surface area contributed by atoms with E-state index in [1.165, 1.54) is 0 Å². The summed E-state index contributed by atoms with van der Waals surface area (Å²) in [5, 5.41) is 13.5. The summed E-state index contributed by atoms with van der Waals surface area (Å²) in [5.74, 6) is -0.253. The Morgan fingerprint density at radius 2 is 1.96 bits per heavy atom. The molecule has 0 bridgehead atoms. The van der Waals surface area contributed by atoms with Crippen LogP contribution >= 0.6 is 0 Å². The molecule has 0 aliphatic rings. The SMILES string of the molecule is CCOc1cccc2c(Nc3ccccc3C(=O)O)cc(C)nc12. The van der Waals surface area contributed by atoms with E-state index in [1.807, 2.05) is 38.1 Å². The lowest BCUT2D eigenvalue weighted by Crippen LogP contribution is -2.03. The number of aromatic carboxylic acids is 1. The first-order chi connectivity index (χ1) is 11.6. The third-order valence-corrected chi connectivity index (χ3v) is 3.66. The number of ether oxygens (including phenoxy) is 1. The molecule has 122 valence electrons. The minimum atomic E-state index is -0.969. The molecule has 0 amide bonds. The molecule has 24 heavy (non-hydrogen) atoms. The number of para-hydroxylation sites is 2.